The minimum atomic E-state index is 0.0807. The van der Waals surface area contributed by atoms with Crippen LogP contribution in [0.2, 0.25) is 0 Å². The fourth-order valence-corrected chi connectivity index (χ4v) is 3.21. The molecule has 24 heavy (non-hydrogen) atoms. The Labute approximate surface area is 142 Å². The maximum Gasteiger partial charge on any atom is 0.0926 e. The number of hydrogen-bond acceptors (Lipinski definition) is 3. The summed E-state index contributed by atoms with van der Waals surface area (Å²) < 4.78 is 0. The zero-order chi connectivity index (χ0) is 16.9. The third-order valence-electron chi connectivity index (χ3n) is 4.40. The lowest BCUT2D eigenvalue weighted by atomic mass is 9.98. The SMILES string of the molecule is CC(=N)N(CCO)CCCc1c2ccccc2nc2ccccc12. The molecule has 2 N–H and O–H groups in total. The number of aryl methyl sites for hydroxylation is 1. The van der Waals surface area contributed by atoms with Gasteiger partial charge in [-0.05, 0) is 37.5 Å². The molecule has 0 atom stereocenters. The highest BCUT2D eigenvalue weighted by atomic mass is 16.3. The van der Waals surface area contributed by atoms with Crippen LogP contribution < -0.4 is 0 Å². The van der Waals surface area contributed by atoms with E-state index in [4.69, 9.17) is 15.5 Å². The summed E-state index contributed by atoms with van der Waals surface area (Å²) in [7, 11) is 0. The lowest BCUT2D eigenvalue weighted by molar-refractivity contribution is 0.247. The van der Waals surface area contributed by atoms with Crippen molar-refractivity contribution in [2.75, 3.05) is 19.7 Å². The van der Waals surface area contributed by atoms with Gasteiger partial charge in [0.15, 0.2) is 0 Å². The van der Waals surface area contributed by atoms with E-state index in [1.807, 2.05) is 17.0 Å². The van der Waals surface area contributed by atoms with E-state index in [1.165, 1.54) is 16.3 Å². The number of aliphatic hydroxyl groups excluding tert-OH is 1. The smallest absolute Gasteiger partial charge is 0.0926 e. The molecule has 0 aliphatic carbocycles. The number of aliphatic hydroxyl groups is 1. The molecular weight excluding hydrogens is 298 g/mol. The molecule has 0 aliphatic rings. The molecule has 0 saturated carbocycles. The highest BCUT2D eigenvalue weighted by Crippen LogP contribution is 2.27. The van der Waals surface area contributed by atoms with Crippen LogP contribution in [0.15, 0.2) is 48.5 Å². The van der Waals surface area contributed by atoms with Gasteiger partial charge in [0.2, 0.25) is 0 Å². The second-order valence-electron chi connectivity index (χ2n) is 6.02. The molecule has 1 aromatic heterocycles. The number of benzene rings is 2. The second kappa shape index (κ2) is 7.41. The van der Waals surface area contributed by atoms with Crippen LogP contribution in [-0.4, -0.2) is 40.5 Å². The predicted octanol–water partition coefficient (Wildman–Crippen LogP) is 3.61. The van der Waals surface area contributed by atoms with Gasteiger partial charge in [-0.25, -0.2) is 4.98 Å². The minimum Gasteiger partial charge on any atom is -0.395 e. The number of para-hydroxylation sites is 2. The summed E-state index contributed by atoms with van der Waals surface area (Å²) in [6.07, 6.45) is 1.87. The molecule has 0 saturated heterocycles. The van der Waals surface area contributed by atoms with Crippen LogP contribution in [0.25, 0.3) is 21.8 Å². The quantitative estimate of drug-likeness (QED) is 0.414. The minimum absolute atomic E-state index is 0.0807. The Bertz CT molecular complexity index is 806. The lowest BCUT2D eigenvalue weighted by Gasteiger charge is -2.22. The van der Waals surface area contributed by atoms with E-state index in [9.17, 15) is 0 Å². The van der Waals surface area contributed by atoms with Crippen LogP contribution in [-0.2, 0) is 6.42 Å². The molecule has 0 radical (unpaired) electrons. The van der Waals surface area contributed by atoms with Crippen LogP contribution >= 0.6 is 0 Å². The monoisotopic (exact) mass is 321 g/mol. The number of amidine groups is 1. The molecule has 1 heterocycles. The standard InChI is InChI=1S/C20H23N3O/c1-15(21)23(13-14-24)12-6-9-16-17-7-2-4-10-19(17)22-20-11-5-3-8-18(16)20/h2-5,7-8,10-11,21,24H,6,9,12-14H2,1H3. The molecule has 0 bridgehead atoms. The molecule has 0 amide bonds. The van der Waals surface area contributed by atoms with Gasteiger partial charge < -0.3 is 10.0 Å². The van der Waals surface area contributed by atoms with Gasteiger partial charge in [0.05, 0.1) is 23.5 Å². The summed E-state index contributed by atoms with van der Waals surface area (Å²) in [4.78, 5) is 6.68. The van der Waals surface area contributed by atoms with Gasteiger partial charge in [-0.15, -0.1) is 0 Å². The number of nitrogens with one attached hydrogen (secondary N) is 1. The Kier molecular flexibility index (Phi) is 5.06. The van der Waals surface area contributed by atoms with Crippen LogP contribution in [0, 0.1) is 5.41 Å². The molecule has 0 fully saturated rings. The van der Waals surface area contributed by atoms with Crippen LogP contribution in [0.4, 0.5) is 0 Å². The van der Waals surface area contributed by atoms with E-state index < -0.39 is 0 Å². The summed E-state index contributed by atoms with van der Waals surface area (Å²) in [6, 6.07) is 16.6. The highest BCUT2D eigenvalue weighted by Gasteiger charge is 2.10. The summed E-state index contributed by atoms with van der Waals surface area (Å²) in [6.45, 7) is 3.15. The number of pyridine rings is 1. The molecular formula is C20H23N3O. The topological polar surface area (TPSA) is 60.2 Å². The number of fused-ring (bicyclic) bond motifs is 2. The fraction of sp³-hybridized carbons (Fsp3) is 0.300. The van der Waals surface area contributed by atoms with Crippen LogP contribution in [0.1, 0.15) is 18.9 Å². The molecule has 4 nitrogen and oxygen atoms in total. The zero-order valence-corrected chi connectivity index (χ0v) is 14.0. The molecule has 3 aromatic rings. The third kappa shape index (κ3) is 3.39. The first-order valence-electron chi connectivity index (χ1n) is 8.38. The Balaban J connectivity index is 1.90. The van der Waals surface area contributed by atoms with Crippen molar-refractivity contribution in [1.29, 1.82) is 5.41 Å². The van der Waals surface area contributed by atoms with E-state index in [-0.39, 0.29) is 6.61 Å². The first kappa shape index (κ1) is 16.4. The van der Waals surface area contributed by atoms with Crippen molar-refractivity contribution in [3.63, 3.8) is 0 Å². The molecule has 0 aliphatic heterocycles. The van der Waals surface area contributed by atoms with Gasteiger partial charge in [0.25, 0.3) is 0 Å². The van der Waals surface area contributed by atoms with Crippen molar-refractivity contribution in [1.82, 2.24) is 9.88 Å². The normalized spacial score (nSPS) is 11.1. The Morgan fingerprint density at radius 1 is 1.00 bits per heavy atom. The predicted molar refractivity (Wildman–Crippen MR) is 99.6 cm³/mol. The number of rotatable bonds is 6. The van der Waals surface area contributed by atoms with E-state index in [1.54, 1.807) is 6.92 Å². The first-order chi connectivity index (χ1) is 11.7. The van der Waals surface area contributed by atoms with Gasteiger partial charge in [-0.3, -0.25) is 5.41 Å². The van der Waals surface area contributed by atoms with Crippen molar-refractivity contribution >= 4 is 27.6 Å². The van der Waals surface area contributed by atoms with Gasteiger partial charge in [-0.1, -0.05) is 36.4 Å². The molecule has 124 valence electrons. The second-order valence-corrected chi connectivity index (χ2v) is 6.02. The summed E-state index contributed by atoms with van der Waals surface area (Å²) in [5.74, 6) is 0.508. The Morgan fingerprint density at radius 2 is 1.58 bits per heavy atom. The maximum absolute atomic E-state index is 9.14. The third-order valence-corrected chi connectivity index (χ3v) is 4.40. The fourth-order valence-electron chi connectivity index (χ4n) is 3.21. The van der Waals surface area contributed by atoms with Crippen LogP contribution in [0.3, 0.4) is 0 Å². The number of aromatic nitrogens is 1. The average Bonchev–Trinajstić information content (AvgIpc) is 2.60. The molecule has 2 aromatic carbocycles. The van der Waals surface area contributed by atoms with Crippen molar-refractivity contribution in [2.45, 2.75) is 19.8 Å². The molecule has 3 rings (SSSR count). The maximum atomic E-state index is 9.14. The average molecular weight is 321 g/mol. The summed E-state index contributed by atoms with van der Waals surface area (Å²) >= 11 is 0. The van der Waals surface area contributed by atoms with Gasteiger partial charge in [0, 0.05) is 23.9 Å². The van der Waals surface area contributed by atoms with E-state index in [0.29, 0.717) is 12.4 Å². The lowest BCUT2D eigenvalue weighted by Crippen LogP contribution is -2.32. The summed E-state index contributed by atoms with van der Waals surface area (Å²) in [5, 5.41) is 19.4. The largest absolute Gasteiger partial charge is 0.395 e. The molecule has 0 unspecified atom stereocenters. The van der Waals surface area contributed by atoms with Crippen molar-refractivity contribution < 1.29 is 5.11 Å². The number of hydrogen-bond donors (Lipinski definition) is 2. The van der Waals surface area contributed by atoms with Gasteiger partial charge in [0.1, 0.15) is 0 Å². The summed E-state index contributed by atoms with van der Waals surface area (Å²) in [5.41, 5.74) is 3.38. The highest BCUT2D eigenvalue weighted by molar-refractivity contribution is 5.97. The van der Waals surface area contributed by atoms with E-state index >= 15 is 0 Å². The van der Waals surface area contributed by atoms with Crippen molar-refractivity contribution in [2.24, 2.45) is 0 Å². The Hall–Kier alpha value is -2.46. The zero-order valence-electron chi connectivity index (χ0n) is 14.0. The van der Waals surface area contributed by atoms with Crippen molar-refractivity contribution in [3.8, 4) is 0 Å². The molecule has 4 heteroatoms. The number of nitrogens with zero attached hydrogens (tertiary/aromatic N) is 2. The van der Waals surface area contributed by atoms with Gasteiger partial charge >= 0.3 is 0 Å². The van der Waals surface area contributed by atoms with Gasteiger partial charge in [-0.2, -0.15) is 0 Å². The van der Waals surface area contributed by atoms with E-state index in [2.05, 4.69) is 36.4 Å². The Morgan fingerprint density at radius 3 is 2.12 bits per heavy atom. The van der Waals surface area contributed by atoms with Crippen molar-refractivity contribution in [3.05, 3.63) is 54.1 Å². The molecule has 0 spiro atoms. The van der Waals surface area contributed by atoms with Crippen LogP contribution in [0.5, 0.6) is 0 Å². The first-order valence-corrected chi connectivity index (χ1v) is 8.38. The van der Waals surface area contributed by atoms with E-state index in [0.717, 1.165) is 30.4 Å².